The summed E-state index contributed by atoms with van der Waals surface area (Å²) in [5.41, 5.74) is 0. The van der Waals surface area contributed by atoms with Crippen LogP contribution in [0.5, 0.6) is 0 Å². The van der Waals surface area contributed by atoms with E-state index in [2.05, 4.69) is 41.5 Å². The molecule has 17 nitrogen and oxygen atoms in total. The van der Waals surface area contributed by atoms with Gasteiger partial charge in [0.2, 0.25) is 0 Å². The Kier molecular flexibility index (Phi) is 59.9. The lowest BCUT2D eigenvalue weighted by molar-refractivity contribution is -0.161. The molecule has 0 aliphatic heterocycles. The molecule has 0 spiro atoms. The summed E-state index contributed by atoms with van der Waals surface area (Å²) in [5, 5.41) is 10.6. The van der Waals surface area contributed by atoms with Crippen LogP contribution in [0.15, 0.2) is 0 Å². The summed E-state index contributed by atoms with van der Waals surface area (Å²) >= 11 is 0. The van der Waals surface area contributed by atoms with Crippen molar-refractivity contribution < 1.29 is 80.2 Å². The SMILES string of the molecule is CCCCCCCCCCCCCCCC(=O)OC[C@H](COP(=O)(O)OC[C@@H](O)COP(=O)(O)OC[C@@H](COC(=O)CCCCCCCCCCC)OC(=O)CCCCCCCCCCCC(C)C)OC(=O)CCCCCCCCCCCCC(C)CC. The van der Waals surface area contributed by atoms with Crippen molar-refractivity contribution >= 4 is 39.5 Å². The quantitative estimate of drug-likeness (QED) is 0.0222. The van der Waals surface area contributed by atoms with Crippen molar-refractivity contribution in [3.05, 3.63) is 0 Å². The summed E-state index contributed by atoms with van der Waals surface area (Å²) in [4.78, 5) is 72.5. The van der Waals surface area contributed by atoms with E-state index in [-0.39, 0.29) is 25.7 Å². The molecule has 0 fully saturated rings. The highest BCUT2D eigenvalue weighted by molar-refractivity contribution is 7.47. The van der Waals surface area contributed by atoms with Crippen LogP contribution in [0.25, 0.3) is 0 Å². The van der Waals surface area contributed by atoms with Gasteiger partial charge in [0.05, 0.1) is 26.4 Å². The molecule has 0 amide bonds. The Morgan fingerprint density at radius 2 is 0.580 bits per heavy atom. The van der Waals surface area contributed by atoms with Gasteiger partial charge in [0, 0.05) is 25.7 Å². The minimum Gasteiger partial charge on any atom is -0.462 e. The Balaban J connectivity index is 5.25. The summed E-state index contributed by atoms with van der Waals surface area (Å²) in [5.74, 6) is -0.586. The number of carbonyl (C=O) groups is 4. The number of carbonyl (C=O) groups excluding carboxylic acids is 4. The van der Waals surface area contributed by atoms with Gasteiger partial charge in [0.1, 0.15) is 19.3 Å². The second kappa shape index (κ2) is 61.3. The highest BCUT2D eigenvalue weighted by Gasteiger charge is 2.30. The number of aliphatic hydroxyl groups excluding tert-OH is 1. The van der Waals surface area contributed by atoms with E-state index < -0.39 is 97.5 Å². The lowest BCUT2D eigenvalue weighted by Gasteiger charge is -2.21. The van der Waals surface area contributed by atoms with E-state index in [0.29, 0.717) is 25.7 Å². The molecule has 3 unspecified atom stereocenters. The normalized spacial score (nSPS) is 14.5. The van der Waals surface area contributed by atoms with Gasteiger partial charge in [-0.2, -0.15) is 0 Å². The number of phosphoric acid groups is 2. The van der Waals surface area contributed by atoms with Gasteiger partial charge >= 0.3 is 39.5 Å². The lowest BCUT2D eigenvalue weighted by Crippen LogP contribution is -2.30. The Morgan fingerprint density at radius 1 is 0.330 bits per heavy atom. The number of phosphoric ester groups is 2. The third-order valence-corrected chi connectivity index (χ3v) is 18.2. The van der Waals surface area contributed by atoms with Crippen LogP contribution >= 0.6 is 15.6 Å². The predicted octanol–water partition coefficient (Wildman–Crippen LogP) is 19.6. The second-order valence-electron chi connectivity index (χ2n) is 25.6. The van der Waals surface area contributed by atoms with Crippen LogP contribution in [0.4, 0.5) is 0 Å². The summed E-state index contributed by atoms with van der Waals surface area (Å²) in [6, 6.07) is 0. The van der Waals surface area contributed by atoms with Crippen molar-refractivity contribution in [2.24, 2.45) is 11.8 Å². The van der Waals surface area contributed by atoms with Gasteiger partial charge < -0.3 is 33.8 Å². The van der Waals surface area contributed by atoms with E-state index in [1.807, 2.05) is 0 Å². The van der Waals surface area contributed by atoms with E-state index >= 15 is 0 Å². The van der Waals surface area contributed by atoms with Gasteiger partial charge in [0.15, 0.2) is 12.2 Å². The Bertz CT molecular complexity index is 1720. The minimum absolute atomic E-state index is 0.105. The molecule has 0 aliphatic rings. The molecule has 0 aromatic carbocycles. The zero-order valence-electron chi connectivity index (χ0n) is 57.0. The third kappa shape index (κ3) is 61.6. The Labute approximate surface area is 537 Å². The number of unbranched alkanes of at least 4 members (excludes halogenated alkanes) is 37. The molecular formula is C69H134O17P2. The fourth-order valence-electron chi connectivity index (χ4n) is 10.4. The molecule has 3 N–H and O–H groups in total. The average Bonchev–Trinajstić information content (AvgIpc) is 3.71. The number of rotatable bonds is 68. The highest BCUT2D eigenvalue weighted by atomic mass is 31.2. The summed E-state index contributed by atoms with van der Waals surface area (Å²) in [7, 11) is -9.90. The number of esters is 4. The molecule has 0 heterocycles. The first-order valence-corrected chi connectivity index (χ1v) is 39.0. The maximum atomic E-state index is 13.0. The molecule has 0 radical (unpaired) electrons. The first-order chi connectivity index (χ1) is 42.4. The molecular weight excluding hydrogens is 1160 g/mol. The standard InChI is InChI=1S/C69H134O17P2/c1-7-10-12-14-16-18-19-20-21-28-34-40-46-52-67(72)80-58-65(85-68(73)53-47-41-35-29-23-22-27-32-38-44-50-62(6)9-3)60-84-88(77,78)82-56-63(70)55-81-87(75,76)83-59-64(57-79-66(71)51-45-39-33-25-17-15-13-11-8-2)86-69(74)54-48-42-36-30-24-26-31-37-43-49-61(4)5/h61-65,70H,7-60H2,1-6H3,(H,75,76)(H,77,78)/t62?,63-,64+,65+/m0/s1. The first-order valence-electron chi connectivity index (χ1n) is 36.0. The molecule has 0 saturated carbocycles. The zero-order valence-corrected chi connectivity index (χ0v) is 58.8. The maximum absolute atomic E-state index is 13.0. The minimum atomic E-state index is -4.95. The van der Waals surface area contributed by atoms with Gasteiger partial charge in [-0.1, -0.05) is 298 Å². The number of hydrogen-bond acceptors (Lipinski definition) is 15. The largest absolute Gasteiger partial charge is 0.472 e. The molecule has 0 saturated heterocycles. The van der Waals surface area contributed by atoms with Gasteiger partial charge in [-0.25, -0.2) is 9.13 Å². The molecule has 0 rings (SSSR count). The van der Waals surface area contributed by atoms with Crippen LogP contribution < -0.4 is 0 Å². The summed E-state index contributed by atoms with van der Waals surface area (Å²) < 4.78 is 68.2. The van der Waals surface area contributed by atoms with Crippen molar-refractivity contribution in [3.63, 3.8) is 0 Å². The molecule has 88 heavy (non-hydrogen) atoms. The van der Waals surface area contributed by atoms with E-state index in [4.69, 9.17) is 37.0 Å². The fourth-order valence-corrected chi connectivity index (χ4v) is 12.0. The van der Waals surface area contributed by atoms with E-state index in [1.165, 1.54) is 167 Å². The average molecular weight is 1300 g/mol. The summed E-state index contributed by atoms with van der Waals surface area (Å²) in [6.45, 7) is 9.53. The van der Waals surface area contributed by atoms with Crippen molar-refractivity contribution in [2.45, 2.75) is 368 Å². The topological polar surface area (TPSA) is 237 Å². The molecule has 6 atom stereocenters. The Hall–Kier alpha value is -1.94. The summed E-state index contributed by atoms with van der Waals surface area (Å²) in [6.07, 6.45) is 45.6. The molecule has 0 aromatic heterocycles. The van der Waals surface area contributed by atoms with Gasteiger partial charge in [-0.3, -0.25) is 37.3 Å². The lowest BCUT2D eigenvalue weighted by atomic mass is 9.99. The van der Waals surface area contributed by atoms with Crippen LogP contribution in [0.1, 0.15) is 350 Å². The number of ether oxygens (including phenoxy) is 4. The molecule has 19 heteroatoms. The second-order valence-corrected chi connectivity index (χ2v) is 28.5. The van der Waals surface area contributed by atoms with Crippen LogP contribution in [-0.2, 0) is 65.4 Å². The van der Waals surface area contributed by atoms with Crippen LogP contribution in [0, 0.1) is 11.8 Å². The number of aliphatic hydroxyl groups is 1. The monoisotopic (exact) mass is 1300 g/mol. The fraction of sp³-hybridized carbons (Fsp3) is 0.942. The first kappa shape index (κ1) is 86.1. The maximum Gasteiger partial charge on any atom is 0.472 e. The van der Waals surface area contributed by atoms with Gasteiger partial charge in [-0.05, 0) is 37.5 Å². The van der Waals surface area contributed by atoms with Crippen LogP contribution in [0.2, 0.25) is 0 Å². The number of hydrogen-bond donors (Lipinski definition) is 3. The van der Waals surface area contributed by atoms with Gasteiger partial charge in [-0.15, -0.1) is 0 Å². The van der Waals surface area contributed by atoms with Crippen molar-refractivity contribution in [3.8, 4) is 0 Å². The molecule has 0 aliphatic carbocycles. The van der Waals surface area contributed by atoms with E-state index in [0.717, 1.165) is 102 Å². The van der Waals surface area contributed by atoms with Crippen molar-refractivity contribution in [2.75, 3.05) is 39.6 Å². The van der Waals surface area contributed by atoms with Crippen LogP contribution in [0.3, 0.4) is 0 Å². The zero-order chi connectivity index (χ0) is 65.0. The molecule has 0 aromatic rings. The molecule has 522 valence electrons. The van der Waals surface area contributed by atoms with E-state index in [1.54, 1.807) is 0 Å². The highest BCUT2D eigenvalue weighted by Crippen LogP contribution is 2.45. The van der Waals surface area contributed by atoms with E-state index in [9.17, 15) is 43.2 Å². The molecule has 0 bridgehead atoms. The third-order valence-electron chi connectivity index (χ3n) is 16.3. The van der Waals surface area contributed by atoms with Crippen molar-refractivity contribution in [1.29, 1.82) is 0 Å². The van der Waals surface area contributed by atoms with Crippen LogP contribution in [-0.4, -0.2) is 96.7 Å². The van der Waals surface area contributed by atoms with Crippen molar-refractivity contribution in [1.82, 2.24) is 0 Å². The smallest absolute Gasteiger partial charge is 0.462 e. The van der Waals surface area contributed by atoms with Gasteiger partial charge in [0.25, 0.3) is 0 Å². The predicted molar refractivity (Wildman–Crippen MR) is 354 cm³/mol. The Morgan fingerprint density at radius 3 is 0.864 bits per heavy atom.